The summed E-state index contributed by atoms with van der Waals surface area (Å²) in [7, 11) is 0. The first-order valence-corrected chi connectivity index (χ1v) is 25.9. The van der Waals surface area contributed by atoms with Gasteiger partial charge in [-0.25, -0.2) is 0 Å². The molecule has 0 saturated carbocycles. The Kier molecular flexibility index (Phi) is 11.3. The Morgan fingerprint density at radius 3 is 2.21 bits per heavy atom. The third-order valence-corrected chi connectivity index (χ3v) is 17.3. The summed E-state index contributed by atoms with van der Waals surface area (Å²) in [6, 6.07) is 22.3. The Labute approximate surface area is 398 Å². The van der Waals surface area contributed by atoms with Gasteiger partial charge in [-0.2, -0.15) is 0 Å². The Hall–Kier alpha value is -4.70. The molecular formula is C62H77BN2O. The second-order valence-corrected chi connectivity index (χ2v) is 24.3. The summed E-state index contributed by atoms with van der Waals surface area (Å²) in [6.45, 7) is 31.0. The number of nitrogens with one attached hydrogen (secondary N) is 1. The molecule has 66 heavy (non-hydrogen) atoms. The van der Waals surface area contributed by atoms with Crippen LogP contribution in [-0.2, 0) is 16.2 Å². The minimum Gasteiger partial charge on any atom is -0.468 e. The lowest BCUT2D eigenvalue weighted by Gasteiger charge is -2.46. The maximum atomic E-state index is 7.60. The first kappa shape index (κ1) is 45.1. The summed E-state index contributed by atoms with van der Waals surface area (Å²) in [5.41, 5.74) is 20.6. The zero-order valence-electron chi connectivity index (χ0n) is 42.7. The van der Waals surface area contributed by atoms with Gasteiger partial charge < -0.3 is 14.6 Å². The number of anilines is 2. The summed E-state index contributed by atoms with van der Waals surface area (Å²) in [4.78, 5) is 2.77. The van der Waals surface area contributed by atoms with E-state index in [0.29, 0.717) is 23.7 Å². The van der Waals surface area contributed by atoms with Crippen molar-refractivity contribution in [3.63, 3.8) is 0 Å². The summed E-state index contributed by atoms with van der Waals surface area (Å²) >= 11 is 0. The van der Waals surface area contributed by atoms with Gasteiger partial charge in [0.05, 0.1) is 23.4 Å². The molecule has 6 atom stereocenters. The molecule has 10 rings (SSSR count). The topological polar surface area (TPSA) is 28.4 Å². The second kappa shape index (κ2) is 16.5. The van der Waals surface area contributed by atoms with Crippen LogP contribution in [0.4, 0.5) is 11.4 Å². The van der Waals surface area contributed by atoms with Crippen molar-refractivity contribution in [3.05, 3.63) is 158 Å². The van der Waals surface area contributed by atoms with Gasteiger partial charge in [0, 0.05) is 22.7 Å². The van der Waals surface area contributed by atoms with E-state index >= 15 is 0 Å². The van der Waals surface area contributed by atoms with Crippen LogP contribution in [0.25, 0.3) is 11.0 Å². The fourth-order valence-electron chi connectivity index (χ4n) is 12.7. The molecule has 3 aromatic carbocycles. The van der Waals surface area contributed by atoms with Crippen LogP contribution in [-0.4, -0.2) is 18.8 Å². The summed E-state index contributed by atoms with van der Waals surface area (Å²) < 4.78 is 7.60. The van der Waals surface area contributed by atoms with Crippen molar-refractivity contribution in [2.45, 2.75) is 181 Å². The van der Waals surface area contributed by atoms with E-state index < -0.39 is 0 Å². The molecule has 1 N–H and O–H groups in total. The molecule has 0 saturated heterocycles. The quantitative estimate of drug-likeness (QED) is 0.188. The summed E-state index contributed by atoms with van der Waals surface area (Å²) in [5.74, 6) is 2.31. The highest BCUT2D eigenvalue weighted by atomic mass is 16.3. The number of nitrogens with zero attached hydrogens (tertiary/aromatic N) is 1. The molecule has 0 fully saturated rings. The van der Waals surface area contributed by atoms with Gasteiger partial charge in [0.25, 0.3) is 6.71 Å². The maximum Gasteiger partial charge on any atom is 0.290 e. The Morgan fingerprint density at radius 1 is 0.864 bits per heavy atom. The van der Waals surface area contributed by atoms with Crippen LogP contribution < -0.4 is 15.9 Å². The van der Waals surface area contributed by atoms with E-state index in [0.717, 1.165) is 30.5 Å². The number of benzene rings is 3. The van der Waals surface area contributed by atoms with Crippen LogP contribution in [0.3, 0.4) is 0 Å². The zero-order chi connectivity index (χ0) is 46.6. The molecular weight excluding hydrogens is 800 g/mol. The molecule has 1 aromatic heterocycles. The van der Waals surface area contributed by atoms with Crippen LogP contribution in [0, 0.1) is 11.8 Å². The molecule has 0 amide bonds. The number of furan rings is 1. The molecule has 3 nitrogen and oxygen atoms in total. The summed E-state index contributed by atoms with van der Waals surface area (Å²) in [6.07, 6.45) is 25.5. The van der Waals surface area contributed by atoms with E-state index in [1.54, 1.807) is 0 Å². The Bertz CT molecular complexity index is 2750. The lowest BCUT2D eigenvalue weighted by molar-refractivity contribution is 0.332. The molecule has 0 spiro atoms. The molecule has 6 aliphatic rings. The maximum absolute atomic E-state index is 7.60. The van der Waals surface area contributed by atoms with Crippen molar-refractivity contribution in [1.82, 2.24) is 5.32 Å². The van der Waals surface area contributed by atoms with E-state index in [-0.39, 0.29) is 41.0 Å². The largest absolute Gasteiger partial charge is 0.468 e. The molecule has 4 aromatic rings. The number of rotatable bonds is 7. The molecule has 344 valence electrons. The van der Waals surface area contributed by atoms with Crippen LogP contribution in [0.15, 0.2) is 129 Å². The highest BCUT2D eigenvalue weighted by Gasteiger charge is 2.49. The first-order valence-electron chi connectivity index (χ1n) is 25.9. The zero-order valence-corrected chi connectivity index (χ0v) is 42.7. The number of allylic oxidation sites excluding steroid dienone is 7. The first-order chi connectivity index (χ1) is 31.3. The fourth-order valence-corrected chi connectivity index (χ4v) is 12.7. The molecule has 0 radical (unpaired) electrons. The van der Waals surface area contributed by atoms with E-state index in [9.17, 15) is 0 Å². The van der Waals surface area contributed by atoms with Gasteiger partial charge in [0.2, 0.25) is 0 Å². The van der Waals surface area contributed by atoms with Crippen molar-refractivity contribution in [2.75, 3.05) is 4.90 Å². The molecule has 5 aliphatic carbocycles. The SMILES string of the molecule is CCC1C=CC(B2C3=C(NC4C=CC(C(C)C)=CC4c4ccc(C(C)(C)C)cc4)C=C(C)CC3N(c3ccc4c(c3)C(C)CCC4C)c3c2oc2cc4c(cc32)C(C)(C)CCC4(C)C)=CC1. The van der Waals surface area contributed by atoms with Gasteiger partial charge in [-0.1, -0.05) is 161 Å². The molecule has 0 bridgehead atoms. The van der Waals surface area contributed by atoms with Gasteiger partial charge in [-0.15, -0.1) is 0 Å². The lowest BCUT2D eigenvalue weighted by Crippen LogP contribution is -2.54. The van der Waals surface area contributed by atoms with E-state index in [4.69, 9.17) is 4.42 Å². The monoisotopic (exact) mass is 877 g/mol. The van der Waals surface area contributed by atoms with Crippen LogP contribution >= 0.6 is 0 Å². The standard InChI is InChI=1S/C62H77BN2O/c1-14-41-17-24-45(25-18-41)63-57-54(64-53-28-21-43(37(2)3)33-49(53)42-19-22-44(23-20-42)60(7,8)9)31-38(4)32-55(57)65(46-26-27-47-39(5)15-16-40(6)48(47)34-46)58-50-35-51-52(36-56(50)66-59(58)63)62(12,13)30-29-61(51,10)11/h17,19-28,31,33-37,39-41,49,53,55,64H,14-16,18,29-30,32H2,1-13H3. The van der Waals surface area contributed by atoms with E-state index in [1.807, 2.05) is 0 Å². The molecule has 6 unspecified atom stereocenters. The third-order valence-electron chi connectivity index (χ3n) is 17.3. The smallest absolute Gasteiger partial charge is 0.290 e. The molecule has 4 heteroatoms. The second-order valence-electron chi connectivity index (χ2n) is 24.3. The average Bonchev–Trinajstić information content (AvgIpc) is 3.66. The van der Waals surface area contributed by atoms with Crippen molar-refractivity contribution in [2.24, 2.45) is 11.8 Å². The molecule has 2 heterocycles. The lowest BCUT2D eigenvalue weighted by atomic mass is 9.33. The van der Waals surface area contributed by atoms with Gasteiger partial charge in [0.15, 0.2) is 0 Å². The van der Waals surface area contributed by atoms with E-state index in [1.165, 1.54) is 104 Å². The Morgan fingerprint density at radius 2 is 1.56 bits per heavy atom. The van der Waals surface area contributed by atoms with Crippen molar-refractivity contribution >= 4 is 34.7 Å². The van der Waals surface area contributed by atoms with E-state index in [2.05, 4.69) is 197 Å². The van der Waals surface area contributed by atoms with Gasteiger partial charge in [0.1, 0.15) is 5.58 Å². The predicted octanol–water partition coefficient (Wildman–Crippen LogP) is 15.8. The van der Waals surface area contributed by atoms with Crippen molar-refractivity contribution in [1.29, 1.82) is 0 Å². The highest BCUT2D eigenvalue weighted by molar-refractivity contribution is 6.88. The Balaban J connectivity index is 1.22. The summed E-state index contributed by atoms with van der Waals surface area (Å²) in [5, 5.41) is 5.62. The minimum atomic E-state index is -0.0250. The van der Waals surface area contributed by atoms with Gasteiger partial charge in [-0.3, -0.25) is 0 Å². The number of hydrogen-bond acceptors (Lipinski definition) is 3. The number of fused-ring (bicyclic) bond motifs is 6. The van der Waals surface area contributed by atoms with Gasteiger partial charge in [-0.05, 0) is 167 Å². The van der Waals surface area contributed by atoms with Gasteiger partial charge >= 0.3 is 0 Å². The normalized spacial score (nSPS) is 26.7. The highest BCUT2D eigenvalue weighted by Crippen LogP contribution is 2.52. The van der Waals surface area contributed by atoms with Crippen molar-refractivity contribution < 1.29 is 4.42 Å². The minimum absolute atomic E-state index is 0.0250. The van der Waals surface area contributed by atoms with Crippen LogP contribution in [0.2, 0.25) is 0 Å². The predicted molar refractivity (Wildman–Crippen MR) is 283 cm³/mol. The van der Waals surface area contributed by atoms with Crippen molar-refractivity contribution in [3.8, 4) is 0 Å². The molecule has 1 aliphatic heterocycles. The van der Waals surface area contributed by atoms with Crippen LogP contribution in [0.1, 0.15) is 186 Å². The third kappa shape index (κ3) is 7.75. The van der Waals surface area contributed by atoms with Crippen LogP contribution in [0.5, 0.6) is 0 Å². The number of hydrogen-bond donors (Lipinski definition) is 1. The fraction of sp³-hybridized carbons (Fsp3) is 0.484. The average molecular weight is 877 g/mol.